The first-order chi connectivity index (χ1) is 61.0. The van der Waals surface area contributed by atoms with Gasteiger partial charge in [-0.25, -0.2) is 80.3 Å². The van der Waals surface area contributed by atoms with E-state index in [0.29, 0.717) is 106 Å². The smallest absolute Gasteiger partial charge is 0.248 e. The number of aliphatic hydroxyl groups is 1. The Morgan fingerprint density at radius 3 is 1.00 bits per heavy atom. The molecule has 12 heterocycles. The lowest BCUT2D eigenvalue weighted by atomic mass is 9.92. The van der Waals surface area contributed by atoms with Crippen LogP contribution in [-0.2, 0) is 13.3 Å². The van der Waals surface area contributed by atoms with Gasteiger partial charge in [0.15, 0.2) is 48.5 Å². The van der Waals surface area contributed by atoms with Crippen LogP contribution in [0.15, 0.2) is 140 Å². The second-order valence-electron chi connectivity index (χ2n) is 38.5. The number of aliphatic hydroxyl groups excluding tert-OH is 1. The molecule has 3 saturated carbocycles. The summed E-state index contributed by atoms with van der Waals surface area (Å²) in [5.74, 6) is -3.11. The predicted octanol–water partition coefficient (Wildman–Crippen LogP) is 24.6. The summed E-state index contributed by atoms with van der Waals surface area (Å²) in [6, 6.07) is 22.2. The molecule has 0 aromatic carbocycles. The van der Waals surface area contributed by atoms with Gasteiger partial charge in [0.1, 0.15) is 70.5 Å². The number of halogens is 9. The minimum Gasteiger partial charge on any atom is -0.446 e. The van der Waals surface area contributed by atoms with E-state index in [1.54, 1.807) is 75.5 Å². The number of aryl methyl sites for hydroxylation is 8. The number of hydrogen-bond acceptors (Lipinski definition) is 23. The summed E-state index contributed by atoms with van der Waals surface area (Å²) in [7, 11) is -6.39. The number of oxazole rings is 4. The van der Waals surface area contributed by atoms with Crippen LogP contribution in [0.4, 0.5) is 38.0 Å². The summed E-state index contributed by atoms with van der Waals surface area (Å²) >= 11 is 18.4. The Morgan fingerprint density at radius 1 is 0.420 bits per heavy atom. The summed E-state index contributed by atoms with van der Waals surface area (Å²) in [6.07, 6.45) is 11.6. The number of nitrogens with zero attached hydrogens (tertiary/aromatic N) is 15. The first-order valence-electron chi connectivity index (χ1n) is 43.9. The van der Waals surface area contributed by atoms with Gasteiger partial charge in [0.05, 0.1) is 47.6 Å². The van der Waals surface area contributed by atoms with Crippen LogP contribution in [-0.4, -0.2) is 145 Å². The number of rotatable bonds is 21. The van der Waals surface area contributed by atoms with Crippen LogP contribution >= 0.6 is 34.8 Å². The lowest BCUT2D eigenvalue weighted by Gasteiger charge is -2.38. The van der Waals surface area contributed by atoms with Crippen LogP contribution in [0, 0.1) is 55.4 Å². The fourth-order valence-electron chi connectivity index (χ4n) is 13.9. The van der Waals surface area contributed by atoms with E-state index < -0.39 is 67.1 Å². The maximum absolute atomic E-state index is 13.7. The Balaban J connectivity index is 0.000000173. The van der Waals surface area contributed by atoms with Crippen molar-refractivity contribution in [3.8, 4) is 17.5 Å². The highest BCUT2D eigenvalue weighted by Gasteiger charge is 2.45. The minimum absolute atomic E-state index is 0.0182. The number of nitrogens with one attached hydrogen (secondary N) is 3. The predicted molar refractivity (Wildman–Crippen MR) is 503 cm³/mol. The van der Waals surface area contributed by atoms with Crippen molar-refractivity contribution >= 4 is 71.4 Å². The van der Waals surface area contributed by atoms with Crippen LogP contribution in [0.25, 0.3) is 17.5 Å². The number of H-pyrrole nitrogens is 1. The van der Waals surface area contributed by atoms with E-state index in [4.69, 9.17) is 76.5 Å². The van der Waals surface area contributed by atoms with Gasteiger partial charge in [-0.15, -0.1) is 0 Å². The van der Waals surface area contributed by atoms with Gasteiger partial charge < -0.3 is 52.4 Å². The second kappa shape index (κ2) is 43.0. The zero-order valence-corrected chi connectivity index (χ0v) is 84.3. The third-order valence-electron chi connectivity index (χ3n) is 24.3. The second-order valence-corrected chi connectivity index (χ2v) is 54.0. The van der Waals surface area contributed by atoms with Crippen molar-refractivity contribution in [2.75, 3.05) is 10.6 Å². The van der Waals surface area contributed by atoms with Gasteiger partial charge in [-0.3, -0.25) is 5.10 Å². The number of aromatic nitrogens is 16. The molecule has 0 radical (unpaired) electrons. The molecule has 131 heavy (non-hydrogen) atoms. The molecule has 15 rings (SSSR count). The van der Waals surface area contributed by atoms with Crippen LogP contribution in [0.1, 0.15) is 255 Å². The highest BCUT2D eigenvalue weighted by atomic mass is 35.5. The third kappa shape index (κ3) is 29.2. The first kappa shape index (κ1) is 104. The molecule has 0 amide bonds. The topological polar surface area (TPSA) is 336 Å². The minimum atomic E-state index is -2.59. The van der Waals surface area contributed by atoms with Gasteiger partial charge in [-0.05, 0) is 243 Å². The Hall–Kier alpha value is -9.22. The van der Waals surface area contributed by atoms with Gasteiger partial charge in [0.2, 0.25) is 41.3 Å². The van der Waals surface area contributed by atoms with Crippen molar-refractivity contribution < 1.29 is 62.4 Å². The molecule has 39 heteroatoms. The van der Waals surface area contributed by atoms with Crippen LogP contribution < -0.4 is 16.4 Å². The summed E-state index contributed by atoms with van der Waals surface area (Å²) in [5.41, 5.74) is 16.0. The largest absolute Gasteiger partial charge is 0.446 e. The summed E-state index contributed by atoms with van der Waals surface area (Å²) in [6.45, 7) is 48.4. The third-order valence-corrected chi connectivity index (χ3v) is 38.2. The van der Waals surface area contributed by atoms with E-state index in [2.05, 4.69) is 173 Å². The fraction of sp³-hybridized carbons (Fsp3) is 0.522. The van der Waals surface area contributed by atoms with Gasteiger partial charge in [-0.2, -0.15) is 20.4 Å². The molecule has 3 aliphatic rings. The number of pyridine rings is 4. The summed E-state index contributed by atoms with van der Waals surface area (Å²) in [4.78, 5) is 34.9. The first-order valence-corrected chi connectivity index (χ1v) is 53.7. The van der Waals surface area contributed by atoms with Crippen molar-refractivity contribution in [3.05, 3.63) is 229 Å². The van der Waals surface area contributed by atoms with Crippen molar-refractivity contribution in [3.63, 3.8) is 0 Å². The highest BCUT2D eigenvalue weighted by molar-refractivity contribution is 6.75. The molecule has 712 valence electrons. The zero-order valence-electron chi connectivity index (χ0n) is 79.1. The lowest BCUT2D eigenvalue weighted by molar-refractivity contribution is -0.0378. The molecule has 4 unspecified atom stereocenters. The molecule has 3 fully saturated rings. The quantitative estimate of drug-likeness (QED) is 0.0253. The Kier molecular flexibility index (Phi) is 34.1. The monoisotopic (exact) mass is 1930 g/mol. The van der Waals surface area contributed by atoms with E-state index >= 15 is 0 Å². The van der Waals surface area contributed by atoms with Gasteiger partial charge in [0, 0.05) is 79.4 Å². The summed E-state index contributed by atoms with van der Waals surface area (Å²) < 4.78 is 126. The molecule has 4 atom stereocenters. The molecule has 12 aromatic rings. The number of alkyl halides is 6. The SMILES string of the molecule is CC(C)(C)[Si](C)(C)OC(c1cc(Cl)nc(Cl)c1)c1ncco1.Cc1cc(C)[nH]n1.Cc1cc(C)n(-c2cc(C(O)c3ncco3)cc(NC3CCC(F)(F)CC3)n2)n1.Cc1cc(C)n(-c2cc(C(O[Si](C)(C)C(C)(C)C)c3ncco3)cc(Cl)n2)n1.Cc1cc(C)n(-c2cc(C(O[Si](C)(C)C(C)(C)C)c3ncco3)cc(NC3CCC(F)(F)CC3)n2)n1.NC1CCC(F)(F)CC1. The molecule has 3 aliphatic carbocycles. The average Bonchev–Trinajstić information content (AvgIpc) is 1.66. The average molecular weight is 1930 g/mol. The maximum atomic E-state index is 13.7. The van der Waals surface area contributed by atoms with E-state index in [-0.39, 0.29) is 77.7 Å². The molecule has 0 bridgehead atoms. The highest BCUT2D eigenvalue weighted by Crippen LogP contribution is 2.47. The zero-order chi connectivity index (χ0) is 96.3. The number of nitrogens with two attached hydrogens (primary N) is 1. The van der Waals surface area contributed by atoms with Gasteiger partial charge in [0.25, 0.3) is 0 Å². The summed E-state index contributed by atoms with van der Waals surface area (Å²) in [5, 5.41) is 38.7. The molecule has 27 nitrogen and oxygen atoms in total. The van der Waals surface area contributed by atoms with Crippen LogP contribution in [0.5, 0.6) is 0 Å². The Morgan fingerprint density at radius 2 is 0.718 bits per heavy atom. The molecule has 12 aromatic heterocycles. The standard InChI is InChI=1S/C26H37F2N5O2Si.C20H27ClN4O2Si.C20H23F2N5O2.C15H20Cl2N2O2Si.C6H11F2N.C5H8N2/c1-17-14-18(2)33(32-17)22-16-19(15-21(31-22)30-20-8-10-26(27,28)11-9-20)23(24-29-12-13-34-24)35-36(6,7)25(3,4)5;1-13-10-14(2)25(24-13)17-12-15(11-16(21)23-17)18(19-22-8-9-26-19)27-28(6,7)20(3,4)5;1-12-9-13(2)27(26-12)17-11-14(18(28)19-23-7-8-29-19)10-16(25-17)24-15-3-5-20(21,22)6-4-15;1-15(2,3)22(4,5)21-13(14-18-6-7-20-14)10-8-11(16)19-12(17)9-10;7-6(8)3-1-5(9)2-4-6;1-4-3-5(2)7-6-4/h12-16,20,23H,8-11H2,1-7H3,(H,30,31);8-12,18H,1-7H3;7-11,15,18,28H,3-6H2,1-2H3,(H,24,25);6-9,13H,1-5H3;5H,1-4,9H2;3H,1-2H3,(H,6,7). The van der Waals surface area contributed by atoms with Crippen LogP contribution in [0.2, 0.25) is 69.9 Å². The van der Waals surface area contributed by atoms with Crippen LogP contribution in [0.3, 0.4) is 0 Å². The Bertz CT molecular complexity index is 5570. The van der Waals surface area contributed by atoms with Gasteiger partial charge >= 0.3 is 0 Å². The molecule has 6 N–H and O–H groups in total. The number of anilines is 2. The van der Waals surface area contributed by atoms with E-state index in [1.165, 1.54) is 18.7 Å². The van der Waals surface area contributed by atoms with Crippen molar-refractivity contribution in [2.45, 2.75) is 309 Å². The number of aromatic amines is 1. The van der Waals surface area contributed by atoms with Crippen molar-refractivity contribution in [1.29, 1.82) is 0 Å². The molecular formula is C92H126Cl3F6N19O8Si3. The molecule has 0 spiro atoms. The van der Waals surface area contributed by atoms with Gasteiger partial charge in [-0.1, -0.05) is 97.1 Å². The maximum Gasteiger partial charge on any atom is 0.248 e. The number of hydrogen-bond donors (Lipinski definition) is 5. The molecule has 0 saturated heterocycles. The van der Waals surface area contributed by atoms with E-state index in [0.717, 1.165) is 62.2 Å². The van der Waals surface area contributed by atoms with Crippen molar-refractivity contribution in [1.82, 2.24) is 79.4 Å². The fourth-order valence-corrected chi connectivity index (χ4v) is 18.2. The van der Waals surface area contributed by atoms with Crippen molar-refractivity contribution in [2.24, 2.45) is 5.73 Å². The Labute approximate surface area is 781 Å². The molecular weight excluding hydrogens is 1800 g/mol. The normalized spacial score (nSPS) is 16.6. The van der Waals surface area contributed by atoms with E-state index in [9.17, 15) is 31.4 Å². The molecule has 0 aliphatic heterocycles. The lowest BCUT2D eigenvalue weighted by Crippen LogP contribution is -2.42. The van der Waals surface area contributed by atoms with E-state index in [1.807, 2.05) is 97.9 Å².